The molecule has 8 heteroatoms. The minimum absolute atomic E-state index is 0.0215. The topological polar surface area (TPSA) is 117 Å². The predicted octanol–water partition coefficient (Wildman–Crippen LogP) is 0.902. The van der Waals surface area contributed by atoms with E-state index in [1.165, 1.54) is 6.07 Å². The van der Waals surface area contributed by atoms with Crippen molar-refractivity contribution >= 4 is 11.7 Å². The Balaban J connectivity index is 2.70. The summed E-state index contributed by atoms with van der Waals surface area (Å²) in [6, 6.07) is 3.00. The van der Waals surface area contributed by atoms with E-state index in [0.29, 0.717) is 11.3 Å². The molecule has 0 atom stereocenters. The molecule has 0 heterocycles. The molecule has 0 saturated heterocycles. The van der Waals surface area contributed by atoms with E-state index in [-0.39, 0.29) is 18.7 Å². The summed E-state index contributed by atoms with van der Waals surface area (Å²) in [6.45, 7) is 3.46. The number of hydrazine groups is 1. The van der Waals surface area contributed by atoms with Crippen LogP contribution in [0.15, 0.2) is 12.1 Å². The van der Waals surface area contributed by atoms with Crippen molar-refractivity contribution in [3.63, 3.8) is 0 Å². The van der Waals surface area contributed by atoms with Crippen molar-refractivity contribution in [2.75, 3.05) is 6.61 Å². The summed E-state index contributed by atoms with van der Waals surface area (Å²) in [4.78, 5) is 25.6. The average molecular weight is 269 g/mol. The Morgan fingerprint density at radius 3 is 2.68 bits per heavy atom. The number of nitrogens with two attached hydrogens (primary N) is 1. The third kappa shape index (κ3) is 4.19. The molecule has 0 bridgehead atoms. The van der Waals surface area contributed by atoms with Crippen LogP contribution in [0.4, 0.5) is 5.69 Å². The van der Waals surface area contributed by atoms with Crippen LogP contribution in [0.3, 0.4) is 0 Å². The lowest BCUT2D eigenvalue weighted by Gasteiger charge is -2.09. The summed E-state index contributed by atoms with van der Waals surface area (Å²) >= 11 is 0. The second-order valence-corrected chi connectivity index (χ2v) is 3.85. The van der Waals surface area contributed by atoms with Crippen LogP contribution in [0.5, 0.6) is 5.75 Å². The van der Waals surface area contributed by atoms with Crippen LogP contribution in [0.25, 0.3) is 0 Å². The van der Waals surface area contributed by atoms with E-state index in [1.54, 1.807) is 25.5 Å². The summed E-state index contributed by atoms with van der Waals surface area (Å²) in [7, 11) is 0. The fourth-order valence-corrected chi connectivity index (χ4v) is 1.53. The van der Waals surface area contributed by atoms with Gasteiger partial charge in [0.05, 0.1) is 24.0 Å². The van der Waals surface area contributed by atoms with Gasteiger partial charge in [0, 0.05) is 5.56 Å². The molecule has 3 N–H and O–H groups in total. The predicted molar refractivity (Wildman–Crippen MR) is 66.1 cm³/mol. The number of aryl methyl sites for hydroxylation is 2. The fraction of sp³-hybridized carbons (Fsp3) is 0.364. The van der Waals surface area contributed by atoms with Gasteiger partial charge in [0.15, 0.2) is 0 Å². The van der Waals surface area contributed by atoms with Gasteiger partial charge in [-0.25, -0.2) is 5.84 Å². The van der Waals surface area contributed by atoms with Gasteiger partial charge in [0.2, 0.25) is 0 Å². The molecule has 0 spiro atoms. The second kappa shape index (κ2) is 6.66. The summed E-state index contributed by atoms with van der Waals surface area (Å²) in [5.41, 5.74) is 3.06. The Morgan fingerprint density at radius 1 is 1.42 bits per heavy atom. The third-order valence-corrected chi connectivity index (χ3v) is 2.43. The highest BCUT2D eigenvalue weighted by Crippen LogP contribution is 2.28. The van der Waals surface area contributed by atoms with Gasteiger partial charge in [-0.1, -0.05) is 5.59 Å². The van der Waals surface area contributed by atoms with Crippen molar-refractivity contribution in [3.05, 3.63) is 33.4 Å². The van der Waals surface area contributed by atoms with Gasteiger partial charge in [0.1, 0.15) is 5.75 Å². The van der Waals surface area contributed by atoms with E-state index in [2.05, 4.69) is 4.84 Å². The molecule has 0 aliphatic rings. The van der Waals surface area contributed by atoms with Gasteiger partial charge in [-0.05, 0) is 25.5 Å². The standard InChI is InChI=1S/C11H15N3O5/c1-7-5-8(2)10(6-9(7)14(16)17)18-4-3-11(15)19-13-12/h5-6,13H,3-4,12H2,1-2H3. The molecule has 0 aromatic heterocycles. The summed E-state index contributed by atoms with van der Waals surface area (Å²) in [5.74, 6) is 4.58. The van der Waals surface area contributed by atoms with Crippen LogP contribution < -0.4 is 16.2 Å². The van der Waals surface area contributed by atoms with Gasteiger partial charge in [-0.3, -0.25) is 14.9 Å². The first kappa shape index (κ1) is 14.9. The molecular formula is C11H15N3O5. The number of nitrogens with one attached hydrogen (secondary N) is 1. The van der Waals surface area contributed by atoms with Crippen molar-refractivity contribution in [1.29, 1.82) is 0 Å². The number of rotatable bonds is 6. The molecule has 19 heavy (non-hydrogen) atoms. The number of hydrogen-bond donors (Lipinski definition) is 2. The van der Waals surface area contributed by atoms with Crippen molar-refractivity contribution in [3.8, 4) is 5.75 Å². The monoisotopic (exact) mass is 269 g/mol. The summed E-state index contributed by atoms with van der Waals surface area (Å²) in [5, 5.41) is 10.8. The summed E-state index contributed by atoms with van der Waals surface area (Å²) in [6.07, 6.45) is -0.0225. The Kier molecular flexibility index (Phi) is 5.22. The van der Waals surface area contributed by atoms with Gasteiger partial charge >= 0.3 is 5.97 Å². The Bertz CT molecular complexity index is 489. The number of hydrogen-bond acceptors (Lipinski definition) is 7. The molecule has 104 valence electrons. The van der Waals surface area contributed by atoms with E-state index in [4.69, 9.17) is 10.6 Å². The van der Waals surface area contributed by atoms with E-state index in [0.717, 1.165) is 5.56 Å². The number of nitro benzene ring substituents is 1. The molecule has 8 nitrogen and oxygen atoms in total. The van der Waals surface area contributed by atoms with Gasteiger partial charge < -0.3 is 9.57 Å². The second-order valence-electron chi connectivity index (χ2n) is 3.85. The van der Waals surface area contributed by atoms with Crippen molar-refractivity contribution in [2.45, 2.75) is 20.3 Å². The van der Waals surface area contributed by atoms with E-state index < -0.39 is 10.9 Å². The maximum atomic E-state index is 11.0. The first-order valence-corrected chi connectivity index (χ1v) is 5.49. The SMILES string of the molecule is Cc1cc(C)c([N+](=O)[O-])cc1OCCC(=O)ONN. The van der Waals surface area contributed by atoms with Crippen LogP contribution in [-0.2, 0) is 9.63 Å². The van der Waals surface area contributed by atoms with Crippen molar-refractivity contribution in [1.82, 2.24) is 5.59 Å². The molecule has 1 aromatic carbocycles. The zero-order valence-electron chi connectivity index (χ0n) is 10.6. The van der Waals surface area contributed by atoms with E-state index in [1.807, 2.05) is 0 Å². The highest BCUT2D eigenvalue weighted by atomic mass is 16.7. The summed E-state index contributed by atoms with van der Waals surface area (Å²) < 4.78 is 5.33. The number of nitrogens with zero attached hydrogens (tertiary/aromatic N) is 1. The van der Waals surface area contributed by atoms with E-state index in [9.17, 15) is 14.9 Å². The quantitative estimate of drug-likeness (QED) is 0.447. The fourth-order valence-electron chi connectivity index (χ4n) is 1.53. The maximum absolute atomic E-state index is 11.0. The molecule has 1 rings (SSSR count). The number of carbonyl (C=O) groups excluding carboxylic acids is 1. The molecule has 1 aromatic rings. The number of benzene rings is 1. The lowest BCUT2D eigenvalue weighted by molar-refractivity contribution is -0.385. The minimum atomic E-state index is -0.582. The number of ether oxygens (including phenoxy) is 1. The van der Waals surface area contributed by atoms with Crippen molar-refractivity contribution in [2.24, 2.45) is 5.84 Å². The smallest absolute Gasteiger partial charge is 0.329 e. The van der Waals surface area contributed by atoms with Crippen LogP contribution >= 0.6 is 0 Å². The molecule has 0 aliphatic carbocycles. The Labute approximate surface area is 109 Å². The Morgan fingerprint density at radius 2 is 2.11 bits per heavy atom. The van der Waals surface area contributed by atoms with Crippen LogP contribution in [0.2, 0.25) is 0 Å². The number of nitro groups is 1. The molecule has 0 amide bonds. The van der Waals surface area contributed by atoms with Gasteiger partial charge in [-0.2, -0.15) is 0 Å². The van der Waals surface area contributed by atoms with Gasteiger partial charge in [-0.15, -0.1) is 0 Å². The maximum Gasteiger partial charge on any atom is 0.329 e. The average Bonchev–Trinajstić information content (AvgIpc) is 2.31. The molecule has 0 saturated carbocycles. The van der Waals surface area contributed by atoms with Crippen LogP contribution in [-0.4, -0.2) is 17.5 Å². The molecule has 0 unspecified atom stereocenters. The molecular weight excluding hydrogens is 254 g/mol. The first-order valence-electron chi connectivity index (χ1n) is 5.49. The van der Waals surface area contributed by atoms with Gasteiger partial charge in [0.25, 0.3) is 5.69 Å². The Hall–Kier alpha value is -2.19. The lowest BCUT2D eigenvalue weighted by Crippen LogP contribution is -2.27. The van der Waals surface area contributed by atoms with Crippen LogP contribution in [0, 0.1) is 24.0 Å². The third-order valence-electron chi connectivity index (χ3n) is 2.43. The zero-order valence-corrected chi connectivity index (χ0v) is 10.6. The highest BCUT2D eigenvalue weighted by Gasteiger charge is 2.14. The van der Waals surface area contributed by atoms with E-state index >= 15 is 0 Å². The number of carbonyl (C=O) groups is 1. The molecule has 0 aliphatic heterocycles. The normalized spacial score (nSPS) is 10.1. The first-order chi connectivity index (χ1) is 8.95. The molecule has 0 radical (unpaired) electrons. The largest absolute Gasteiger partial charge is 0.492 e. The van der Waals surface area contributed by atoms with Crippen LogP contribution in [0.1, 0.15) is 17.5 Å². The van der Waals surface area contributed by atoms with Crippen molar-refractivity contribution < 1.29 is 19.3 Å². The zero-order chi connectivity index (χ0) is 14.4. The molecule has 0 fully saturated rings. The minimum Gasteiger partial charge on any atom is -0.492 e. The highest BCUT2D eigenvalue weighted by molar-refractivity contribution is 5.69. The lowest BCUT2D eigenvalue weighted by atomic mass is 10.1.